The number of aromatic nitrogens is 3. The van der Waals surface area contributed by atoms with Crippen LogP contribution in [-0.4, -0.2) is 20.5 Å². The number of carbonyl (C=O) groups is 1. The Labute approximate surface area is 153 Å². The van der Waals surface area contributed by atoms with Gasteiger partial charge in [0.1, 0.15) is 5.01 Å². The van der Waals surface area contributed by atoms with Crippen molar-refractivity contribution in [2.45, 2.75) is 37.3 Å². The lowest BCUT2D eigenvalue weighted by molar-refractivity contribution is -0.115. The number of aryl methyl sites for hydroxylation is 1. The second kappa shape index (κ2) is 7.79. The molecule has 0 saturated carbocycles. The second-order valence-electron chi connectivity index (χ2n) is 5.32. The van der Waals surface area contributed by atoms with E-state index in [2.05, 4.69) is 15.4 Å². The number of hydrogen-bond donors (Lipinski definition) is 1. The van der Waals surface area contributed by atoms with E-state index < -0.39 is 0 Å². The number of anilines is 1. The second-order valence-corrected chi connectivity index (χ2v) is 7.37. The molecule has 0 atom stereocenters. The number of para-hydroxylation sites is 1. The van der Waals surface area contributed by atoms with Crippen LogP contribution in [0, 0.1) is 0 Å². The van der Waals surface area contributed by atoms with Gasteiger partial charge in [0, 0.05) is 23.1 Å². The highest BCUT2D eigenvalue weighted by atomic mass is 32.2. The number of fused-ring (bicyclic) bond motifs is 1. The Balaban J connectivity index is 1.81. The molecule has 0 aliphatic rings. The van der Waals surface area contributed by atoms with Gasteiger partial charge in [0.2, 0.25) is 10.9 Å². The Hall–Kier alpha value is -2.19. The van der Waals surface area contributed by atoms with Crippen LogP contribution >= 0.6 is 23.1 Å². The number of carbonyl (C=O) groups excluding carboxylic acids is 1. The SMILES string of the molecule is CCC(=O)Nc1ccccc1SCc1cc(=O)n2nc(CC)sc2n1. The van der Waals surface area contributed by atoms with Crippen LogP contribution in [0.3, 0.4) is 0 Å². The van der Waals surface area contributed by atoms with Crippen molar-refractivity contribution in [3.8, 4) is 0 Å². The minimum atomic E-state index is -0.163. The zero-order valence-electron chi connectivity index (χ0n) is 14.0. The molecule has 0 saturated heterocycles. The van der Waals surface area contributed by atoms with Gasteiger partial charge in [-0.05, 0) is 18.6 Å². The molecule has 0 aliphatic heterocycles. The molecule has 0 radical (unpaired) electrons. The summed E-state index contributed by atoms with van der Waals surface area (Å²) in [4.78, 5) is 29.9. The quantitative estimate of drug-likeness (QED) is 0.670. The van der Waals surface area contributed by atoms with Crippen molar-refractivity contribution in [1.82, 2.24) is 14.6 Å². The highest BCUT2D eigenvalue weighted by Crippen LogP contribution is 2.29. The zero-order valence-corrected chi connectivity index (χ0v) is 15.6. The Morgan fingerprint density at radius 1 is 1.32 bits per heavy atom. The van der Waals surface area contributed by atoms with E-state index in [1.54, 1.807) is 11.8 Å². The van der Waals surface area contributed by atoms with Gasteiger partial charge in [-0.2, -0.15) is 9.61 Å². The van der Waals surface area contributed by atoms with Gasteiger partial charge in [-0.3, -0.25) is 9.59 Å². The number of hydrogen-bond acceptors (Lipinski definition) is 6. The molecule has 2 heterocycles. The molecular weight excluding hydrogens is 356 g/mol. The maximum Gasteiger partial charge on any atom is 0.275 e. The zero-order chi connectivity index (χ0) is 17.8. The lowest BCUT2D eigenvalue weighted by Crippen LogP contribution is -2.15. The standard InChI is InChI=1S/C17H18N4O2S2/c1-3-14(22)19-12-7-5-6-8-13(12)24-10-11-9-16(23)21-17(18-11)25-15(4-2)20-21/h5-9H,3-4,10H2,1-2H3,(H,19,22). The molecule has 2 aromatic heterocycles. The summed E-state index contributed by atoms with van der Waals surface area (Å²) in [5.41, 5.74) is 1.32. The van der Waals surface area contributed by atoms with Gasteiger partial charge in [-0.1, -0.05) is 37.3 Å². The number of nitrogens with zero attached hydrogens (tertiary/aromatic N) is 3. The molecule has 130 valence electrons. The Morgan fingerprint density at radius 2 is 2.12 bits per heavy atom. The van der Waals surface area contributed by atoms with E-state index >= 15 is 0 Å². The Kier molecular flexibility index (Phi) is 5.50. The summed E-state index contributed by atoms with van der Waals surface area (Å²) in [6.45, 7) is 3.82. The molecule has 0 bridgehead atoms. The average Bonchev–Trinajstić information content (AvgIpc) is 3.05. The summed E-state index contributed by atoms with van der Waals surface area (Å²) in [7, 11) is 0. The summed E-state index contributed by atoms with van der Waals surface area (Å²) >= 11 is 2.98. The first kappa shape index (κ1) is 17.6. The van der Waals surface area contributed by atoms with Crippen LogP contribution in [-0.2, 0) is 17.0 Å². The van der Waals surface area contributed by atoms with Crippen molar-refractivity contribution in [1.29, 1.82) is 0 Å². The number of rotatable bonds is 6. The predicted octanol–water partition coefficient (Wildman–Crippen LogP) is 3.35. The summed E-state index contributed by atoms with van der Waals surface area (Å²) in [6.07, 6.45) is 1.21. The number of nitrogens with one attached hydrogen (secondary N) is 1. The Morgan fingerprint density at radius 3 is 2.88 bits per heavy atom. The maximum atomic E-state index is 12.2. The summed E-state index contributed by atoms with van der Waals surface area (Å²) in [5, 5.41) is 8.04. The van der Waals surface area contributed by atoms with E-state index in [0.29, 0.717) is 22.8 Å². The molecule has 0 spiro atoms. The smallest absolute Gasteiger partial charge is 0.275 e. The minimum absolute atomic E-state index is 0.0254. The first-order chi connectivity index (χ1) is 12.1. The fourth-order valence-electron chi connectivity index (χ4n) is 2.20. The number of benzene rings is 1. The van der Waals surface area contributed by atoms with Crippen LogP contribution in [0.4, 0.5) is 5.69 Å². The number of thioether (sulfide) groups is 1. The third-order valence-electron chi connectivity index (χ3n) is 3.50. The van der Waals surface area contributed by atoms with Crippen LogP contribution in [0.15, 0.2) is 40.0 Å². The first-order valence-electron chi connectivity index (χ1n) is 8.01. The van der Waals surface area contributed by atoms with Crippen LogP contribution in [0.1, 0.15) is 31.0 Å². The van der Waals surface area contributed by atoms with Gasteiger partial charge < -0.3 is 5.32 Å². The fourth-order valence-corrected chi connectivity index (χ4v) is 3.96. The maximum absolute atomic E-state index is 12.2. The molecule has 0 fully saturated rings. The van der Waals surface area contributed by atoms with Gasteiger partial charge in [0.05, 0.1) is 11.4 Å². The molecule has 25 heavy (non-hydrogen) atoms. The van der Waals surface area contributed by atoms with E-state index in [-0.39, 0.29) is 11.5 Å². The fraction of sp³-hybridized carbons (Fsp3) is 0.294. The third-order valence-corrected chi connectivity index (χ3v) is 5.66. The van der Waals surface area contributed by atoms with E-state index in [9.17, 15) is 9.59 Å². The minimum Gasteiger partial charge on any atom is -0.325 e. The van der Waals surface area contributed by atoms with Crippen LogP contribution in [0.5, 0.6) is 0 Å². The van der Waals surface area contributed by atoms with Crippen LogP contribution < -0.4 is 10.9 Å². The topological polar surface area (TPSA) is 76.4 Å². The van der Waals surface area contributed by atoms with Gasteiger partial charge in [0.15, 0.2) is 0 Å². The molecule has 8 heteroatoms. The van der Waals surface area contributed by atoms with Gasteiger partial charge in [-0.25, -0.2) is 4.98 Å². The average molecular weight is 374 g/mol. The predicted molar refractivity (Wildman–Crippen MR) is 101 cm³/mol. The molecule has 1 N–H and O–H groups in total. The molecule has 3 rings (SSSR count). The lowest BCUT2D eigenvalue weighted by atomic mass is 10.3. The summed E-state index contributed by atoms with van der Waals surface area (Å²) in [5.74, 6) is 0.520. The van der Waals surface area contributed by atoms with Crippen LogP contribution in [0.2, 0.25) is 0 Å². The molecule has 6 nitrogen and oxygen atoms in total. The summed E-state index contributed by atoms with van der Waals surface area (Å²) in [6, 6.07) is 9.15. The largest absolute Gasteiger partial charge is 0.325 e. The van der Waals surface area contributed by atoms with Gasteiger partial charge in [-0.15, -0.1) is 11.8 Å². The van der Waals surface area contributed by atoms with Crippen LogP contribution in [0.25, 0.3) is 4.96 Å². The van der Waals surface area contributed by atoms with Crippen molar-refractivity contribution in [2.75, 3.05) is 5.32 Å². The van der Waals surface area contributed by atoms with Crippen molar-refractivity contribution < 1.29 is 4.79 Å². The molecule has 0 aliphatic carbocycles. The molecule has 1 aromatic carbocycles. The molecule has 3 aromatic rings. The normalized spacial score (nSPS) is 11.0. The summed E-state index contributed by atoms with van der Waals surface area (Å²) < 4.78 is 1.35. The Bertz CT molecular complexity index is 965. The first-order valence-corrected chi connectivity index (χ1v) is 9.81. The number of amides is 1. The van der Waals surface area contributed by atoms with E-state index in [1.807, 2.05) is 38.1 Å². The monoisotopic (exact) mass is 374 g/mol. The van der Waals surface area contributed by atoms with E-state index in [4.69, 9.17) is 0 Å². The third kappa shape index (κ3) is 4.08. The van der Waals surface area contributed by atoms with E-state index in [1.165, 1.54) is 21.9 Å². The van der Waals surface area contributed by atoms with Gasteiger partial charge >= 0.3 is 0 Å². The van der Waals surface area contributed by atoms with Crippen molar-refractivity contribution in [2.24, 2.45) is 0 Å². The van der Waals surface area contributed by atoms with E-state index in [0.717, 1.165) is 22.0 Å². The highest BCUT2D eigenvalue weighted by Gasteiger charge is 2.10. The molecular formula is C17H18N4O2S2. The lowest BCUT2D eigenvalue weighted by Gasteiger charge is -2.09. The van der Waals surface area contributed by atoms with Crippen molar-refractivity contribution >= 4 is 39.7 Å². The van der Waals surface area contributed by atoms with Gasteiger partial charge in [0.25, 0.3) is 5.56 Å². The van der Waals surface area contributed by atoms with Crippen molar-refractivity contribution in [3.63, 3.8) is 0 Å². The van der Waals surface area contributed by atoms with Crippen molar-refractivity contribution in [3.05, 3.63) is 51.4 Å². The molecule has 1 amide bonds. The highest BCUT2D eigenvalue weighted by molar-refractivity contribution is 7.98. The molecule has 0 unspecified atom stereocenters.